The van der Waals surface area contributed by atoms with Crippen LogP contribution in [-0.2, 0) is 4.79 Å². The number of nitrogens with one attached hydrogen (secondary N) is 1. The Bertz CT molecular complexity index is 776. The molecule has 0 spiro atoms. The quantitative estimate of drug-likeness (QED) is 0.719. The molecule has 0 bridgehead atoms. The van der Waals surface area contributed by atoms with Crippen LogP contribution < -0.4 is 19.5 Å². The number of hydrogen-bond acceptors (Lipinski definition) is 5. The van der Waals surface area contributed by atoms with Crippen LogP contribution >= 0.6 is 11.6 Å². The second-order valence-corrected chi connectivity index (χ2v) is 6.84. The lowest BCUT2D eigenvalue weighted by Gasteiger charge is -2.26. The van der Waals surface area contributed by atoms with Crippen LogP contribution in [0.2, 0.25) is 5.02 Å². The molecule has 0 radical (unpaired) electrons. The fraction of sp³-hybridized carbons (Fsp3) is 0.350. The fourth-order valence-electron chi connectivity index (χ4n) is 2.42. The molecule has 0 heterocycles. The number of hydrogen-bond donors (Lipinski definition) is 2. The number of amides is 1. The van der Waals surface area contributed by atoms with Gasteiger partial charge >= 0.3 is 0 Å². The Kier molecular flexibility index (Phi) is 6.93. The van der Waals surface area contributed by atoms with Crippen molar-refractivity contribution in [2.75, 3.05) is 20.8 Å². The zero-order valence-corrected chi connectivity index (χ0v) is 16.5. The number of methoxy groups -OCH3 is 2. The highest BCUT2D eigenvalue weighted by Crippen LogP contribution is 2.30. The molecule has 0 aliphatic carbocycles. The van der Waals surface area contributed by atoms with E-state index >= 15 is 0 Å². The summed E-state index contributed by atoms with van der Waals surface area (Å²) in [4.78, 5) is 12.5. The van der Waals surface area contributed by atoms with E-state index in [0.29, 0.717) is 27.8 Å². The van der Waals surface area contributed by atoms with E-state index in [2.05, 4.69) is 5.32 Å². The Morgan fingerprint density at radius 2 is 1.74 bits per heavy atom. The molecule has 0 aromatic heterocycles. The summed E-state index contributed by atoms with van der Waals surface area (Å²) in [7, 11) is 3.06. The Hall–Kier alpha value is -2.44. The molecule has 0 aliphatic heterocycles. The number of aliphatic hydroxyl groups is 1. The summed E-state index contributed by atoms with van der Waals surface area (Å²) >= 11 is 5.85. The maximum absolute atomic E-state index is 12.5. The van der Waals surface area contributed by atoms with Gasteiger partial charge in [0.2, 0.25) is 0 Å². The number of rotatable bonds is 8. The van der Waals surface area contributed by atoms with Crippen molar-refractivity contribution in [1.29, 1.82) is 0 Å². The van der Waals surface area contributed by atoms with Gasteiger partial charge < -0.3 is 24.6 Å². The van der Waals surface area contributed by atoms with Gasteiger partial charge in [0.05, 0.1) is 20.3 Å². The highest BCUT2D eigenvalue weighted by atomic mass is 35.5. The maximum Gasteiger partial charge on any atom is 0.263 e. The van der Waals surface area contributed by atoms with E-state index in [1.165, 1.54) is 14.2 Å². The first-order valence-corrected chi connectivity index (χ1v) is 8.77. The lowest BCUT2D eigenvalue weighted by atomic mass is 10.1. The molecule has 1 amide bonds. The van der Waals surface area contributed by atoms with Crippen molar-refractivity contribution in [2.45, 2.75) is 25.6 Å². The van der Waals surface area contributed by atoms with Crippen molar-refractivity contribution in [3.05, 3.63) is 53.1 Å². The van der Waals surface area contributed by atoms with Crippen LogP contribution in [0.4, 0.5) is 0 Å². The van der Waals surface area contributed by atoms with Crippen molar-refractivity contribution in [3.63, 3.8) is 0 Å². The van der Waals surface area contributed by atoms with E-state index in [1.54, 1.807) is 56.3 Å². The SMILES string of the molecule is COc1ccc(C(O)CNC(=O)C(C)(C)Oc2ccc(Cl)cc2)cc1OC. The van der Waals surface area contributed by atoms with E-state index < -0.39 is 11.7 Å². The number of benzene rings is 2. The van der Waals surface area contributed by atoms with Gasteiger partial charge in [-0.05, 0) is 55.8 Å². The van der Waals surface area contributed by atoms with Crippen LogP contribution in [0.25, 0.3) is 0 Å². The van der Waals surface area contributed by atoms with Crippen LogP contribution in [0.5, 0.6) is 17.2 Å². The highest BCUT2D eigenvalue weighted by Gasteiger charge is 2.30. The molecule has 27 heavy (non-hydrogen) atoms. The lowest BCUT2D eigenvalue weighted by Crippen LogP contribution is -2.47. The summed E-state index contributed by atoms with van der Waals surface area (Å²) in [5, 5.41) is 13.7. The fourth-order valence-corrected chi connectivity index (χ4v) is 2.55. The van der Waals surface area contributed by atoms with E-state index in [1.807, 2.05) is 0 Å². The van der Waals surface area contributed by atoms with E-state index in [0.717, 1.165) is 0 Å². The number of aliphatic hydroxyl groups excluding tert-OH is 1. The molecule has 0 saturated heterocycles. The maximum atomic E-state index is 12.5. The minimum atomic E-state index is -1.12. The first kappa shape index (κ1) is 20.9. The Labute approximate surface area is 164 Å². The minimum Gasteiger partial charge on any atom is -0.493 e. The second-order valence-electron chi connectivity index (χ2n) is 6.41. The van der Waals surface area contributed by atoms with Crippen LogP contribution in [0.15, 0.2) is 42.5 Å². The number of ether oxygens (including phenoxy) is 3. The molecule has 146 valence electrons. The number of carbonyl (C=O) groups is 1. The van der Waals surface area contributed by atoms with Crippen molar-refractivity contribution in [1.82, 2.24) is 5.32 Å². The third-order valence-electron chi connectivity index (χ3n) is 3.98. The average Bonchev–Trinajstić information content (AvgIpc) is 2.66. The number of carbonyl (C=O) groups excluding carboxylic acids is 1. The normalized spacial score (nSPS) is 12.2. The largest absolute Gasteiger partial charge is 0.493 e. The first-order chi connectivity index (χ1) is 12.8. The molecule has 0 fully saturated rings. The molecule has 2 rings (SSSR count). The minimum absolute atomic E-state index is 0.0295. The van der Waals surface area contributed by atoms with E-state index in [-0.39, 0.29) is 12.5 Å². The van der Waals surface area contributed by atoms with Gasteiger partial charge in [0, 0.05) is 11.6 Å². The van der Waals surface area contributed by atoms with E-state index in [9.17, 15) is 9.90 Å². The zero-order valence-electron chi connectivity index (χ0n) is 15.8. The lowest BCUT2D eigenvalue weighted by molar-refractivity contribution is -0.134. The molecule has 2 N–H and O–H groups in total. The molecular weight excluding hydrogens is 370 g/mol. The average molecular weight is 394 g/mol. The van der Waals surface area contributed by atoms with Gasteiger partial charge in [0.15, 0.2) is 17.1 Å². The van der Waals surface area contributed by atoms with Gasteiger partial charge in [-0.3, -0.25) is 4.79 Å². The van der Waals surface area contributed by atoms with Crippen molar-refractivity contribution < 1.29 is 24.1 Å². The van der Waals surface area contributed by atoms with Gasteiger partial charge in [-0.1, -0.05) is 17.7 Å². The standard InChI is InChI=1S/C20H24ClNO5/c1-20(2,27-15-8-6-14(21)7-9-15)19(24)22-12-16(23)13-5-10-17(25-3)18(11-13)26-4/h5-11,16,23H,12H2,1-4H3,(H,22,24). The van der Waals surface area contributed by atoms with Crippen LogP contribution in [0.3, 0.4) is 0 Å². The highest BCUT2D eigenvalue weighted by molar-refractivity contribution is 6.30. The summed E-state index contributed by atoms with van der Waals surface area (Å²) in [6.45, 7) is 3.33. The molecule has 0 aliphatic rings. The van der Waals surface area contributed by atoms with Gasteiger partial charge in [0.25, 0.3) is 5.91 Å². The molecule has 2 aromatic rings. The summed E-state index contributed by atoms with van der Waals surface area (Å²) < 4.78 is 16.1. The molecule has 1 atom stereocenters. The Balaban J connectivity index is 1.98. The third-order valence-corrected chi connectivity index (χ3v) is 4.23. The molecule has 7 heteroatoms. The predicted molar refractivity (Wildman–Crippen MR) is 104 cm³/mol. The Morgan fingerprint density at radius 3 is 2.33 bits per heavy atom. The molecule has 2 aromatic carbocycles. The van der Waals surface area contributed by atoms with Crippen molar-refractivity contribution >= 4 is 17.5 Å². The molecular formula is C20H24ClNO5. The van der Waals surface area contributed by atoms with E-state index in [4.69, 9.17) is 25.8 Å². The van der Waals surface area contributed by atoms with Crippen LogP contribution in [-0.4, -0.2) is 37.4 Å². The van der Waals surface area contributed by atoms with Gasteiger partial charge in [-0.25, -0.2) is 0 Å². The van der Waals surface area contributed by atoms with Gasteiger partial charge in [-0.15, -0.1) is 0 Å². The Morgan fingerprint density at radius 1 is 1.11 bits per heavy atom. The summed E-state index contributed by atoms with van der Waals surface area (Å²) in [5.41, 5.74) is -0.519. The summed E-state index contributed by atoms with van der Waals surface area (Å²) in [5.74, 6) is 1.25. The summed E-state index contributed by atoms with van der Waals surface area (Å²) in [6.07, 6.45) is -0.903. The van der Waals surface area contributed by atoms with Crippen LogP contribution in [0, 0.1) is 0 Å². The zero-order chi connectivity index (χ0) is 20.0. The first-order valence-electron chi connectivity index (χ1n) is 8.39. The molecule has 6 nitrogen and oxygen atoms in total. The van der Waals surface area contributed by atoms with Gasteiger partial charge in [0.1, 0.15) is 5.75 Å². The summed E-state index contributed by atoms with van der Waals surface area (Å²) in [6, 6.07) is 11.8. The number of halogens is 1. The molecule has 1 unspecified atom stereocenters. The van der Waals surface area contributed by atoms with Crippen molar-refractivity contribution in [3.8, 4) is 17.2 Å². The third kappa shape index (κ3) is 5.52. The van der Waals surface area contributed by atoms with Gasteiger partial charge in [-0.2, -0.15) is 0 Å². The van der Waals surface area contributed by atoms with Crippen LogP contribution in [0.1, 0.15) is 25.5 Å². The molecule has 0 saturated carbocycles. The second kappa shape index (κ2) is 8.97. The smallest absolute Gasteiger partial charge is 0.263 e. The predicted octanol–water partition coefficient (Wildman–Crippen LogP) is 3.36. The monoisotopic (exact) mass is 393 g/mol. The topological polar surface area (TPSA) is 77.0 Å². The van der Waals surface area contributed by atoms with Crippen molar-refractivity contribution in [2.24, 2.45) is 0 Å².